The van der Waals surface area contributed by atoms with E-state index in [9.17, 15) is 27.6 Å². The minimum atomic E-state index is -5.18. The molecular formula is C17H17F3N2O3. The van der Waals surface area contributed by atoms with Crippen LogP contribution in [0.5, 0.6) is 0 Å². The number of aryl methyl sites for hydroxylation is 1. The van der Waals surface area contributed by atoms with E-state index in [2.05, 4.69) is 0 Å². The zero-order valence-electron chi connectivity index (χ0n) is 14.1. The molecule has 5 nitrogen and oxygen atoms in total. The maximum Gasteiger partial charge on any atom is 0.425 e. The monoisotopic (exact) mass is 354 g/mol. The molecule has 0 spiro atoms. The van der Waals surface area contributed by atoms with Gasteiger partial charge in [0.05, 0.1) is 5.57 Å². The van der Waals surface area contributed by atoms with Gasteiger partial charge in [0.15, 0.2) is 5.78 Å². The number of nitrogens with one attached hydrogen (secondary N) is 1. The van der Waals surface area contributed by atoms with Crippen LogP contribution in [0.25, 0.3) is 0 Å². The summed E-state index contributed by atoms with van der Waals surface area (Å²) in [6, 6.07) is 6.23. The van der Waals surface area contributed by atoms with E-state index in [0.29, 0.717) is 0 Å². The van der Waals surface area contributed by atoms with Gasteiger partial charge in [0.1, 0.15) is 0 Å². The fourth-order valence-electron chi connectivity index (χ4n) is 3.05. The molecule has 134 valence electrons. The summed E-state index contributed by atoms with van der Waals surface area (Å²) in [7, 11) is 0. The third-order valence-corrected chi connectivity index (χ3v) is 4.03. The van der Waals surface area contributed by atoms with Crippen molar-refractivity contribution in [2.24, 2.45) is 0 Å². The average Bonchev–Trinajstić information content (AvgIpc) is 2.68. The molecule has 0 fully saturated rings. The first kappa shape index (κ1) is 18.7. The maximum atomic E-state index is 13.9. The van der Waals surface area contributed by atoms with Crippen molar-refractivity contribution >= 4 is 23.3 Å². The summed E-state index contributed by atoms with van der Waals surface area (Å²) < 4.78 is 41.7. The second-order valence-corrected chi connectivity index (χ2v) is 5.92. The van der Waals surface area contributed by atoms with E-state index >= 15 is 0 Å². The minimum Gasteiger partial charge on any atom is -0.331 e. The Morgan fingerprint density at radius 3 is 2.00 bits per heavy atom. The Morgan fingerprint density at radius 2 is 1.60 bits per heavy atom. The zero-order valence-corrected chi connectivity index (χ0v) is 14.1. The molecule has 1 N–H and O–H groups in total. The highest BCUT2D eigenvalue weighted by molar-refractivity contribution is 6.19. The molecule has 25 heavy (non-hydrogen) atoms. The van der Waals surface area contributed by atoms with Gasteiger partial charge in [-0.05, 0) is 32.9 Å². The van der Waals surface area contributed by atoms with E-state index in [1.807, 2.05) is 0 Å². The molecule has 1 aromatic rings. The predicted molar refractivity (Wildman–Crippen MR) is 84.6 cm³/mol. The number of hydrogen-bond acceptors (Lipinski definition) is 3. The molecule has 0 saturated heterocycles. The van der Waals surface area contributed by atoms with Crippen LogP contribution in [0.15, 0.2) is 35.5 Å². The highest BCUT2D eigenvalue weighted by Crippen LogP contribution is 2.46. The lowest BCUT2D eigenvalue weighted by Crippen LogP contribution is -2.65. The molecule has 1 aliphatic rings. The van der Waals surface area contributed by atoms with Crippen LogP contribution in [0.4, 0.5) is 18.9 Å². The first-order valence-electron chi connectivity index (χ1n) is 7.42. The van der Waals surface area contributed by atoms with Gasteiger partial charge in [0.25, 0.3) is 5.91 Å². The van der Waals surface area contributed by atoms with E-state index in [1.54, 1.807) is 24.4 Å². The number of anilines is 1. The van der Waals surface area contributed by atoms with Gasteiger partial charge in [0, 0.05) is 18.3 Å². The number of Topliss-reactive ketones (excluding diaryl/α,β-unsaturated/α-hetero) is 1. The lowest BCUT2D eigenvalue weighted by Gasteiger charge is -2.32. The average molecular weight is 354 g/mol. The summed E-state index contributed by atoms with van der Waals surface area (Å²) in [4.78, 5) is 37.1. The van der Waals surface area contributed by atoms with E-state index in [1.165, 1.54) is 19.1 Å². The molecule has 1 atom stereocenters. The molecule has 0 aromatic heterocycles. The van der Waals surface area contributed by atoms with Crippen molar-refractivity contribution < 1.29 is 27.6 Å². The van der Waals surface area contributed by atoms with E-state index in [0.717, 1.165) is 24.3 Å². The van der Waals surface area contributed by atoms with E-state index < -0.39 is 34.9 Å². The van der Waals surface area contributed by atoms with Gasteiger partial charge >= 0.3 is 6.18 Å². The predicted octanol–water partition coefficient (Wildman–Crippen LogP) is 2.64. The van der Waals surface area contributed by atoms with Crippen molar-refractivity contribution in [1.82, 2.24) is 5.32 Å². The quantitative estimate of drug-likeness (QED) is 0.907. The molecule has 0 aliphatic carbocycles. The topological polar surface area (TPSA) is 66.5 Å². The van der Waals surface area contributed by atoms with Crippen molar-refractivity contribution in [3.8, 4) is 0 Å². The highest BCUT2D eigenvalue weighted by atomic mass is 19.4. The third kappa shape index (κ3) is 2.81. The number of allylic oxidation sites excluding steroid dienone is 1. The molecule has 0 unspecified atom stereocenters. The maximum absolute atomic E-state index is 13.9. The van der Waals surface area contributed by atoms with Crippen LogP contribution in [0, 0.1) is 6.92 Å². The normalized spacial score (nSPS) is 20.9. The summed E-state index contributed by atoms with van der Waals surface area (Å²) in [5, 5.41) is 1.68. The summed E-state index contributed by atoms with van der Waals surface area (Å²) in [6.07, 6.45) is -5.18. The summed E-state index contributed by atoms with van der Waals surface area (Å²) >= 11 is 0. The third-order valence-electron chi connectivity index (χ3n) is 4.03. The van der Waals surface area contributed by atoms with Crippen LogP contribution < -0.4 is 10.2 Å². The number of nitrogens with zero attached hydrogens (tertiary/aromatic N) is 1. The first-order valence-corrected chi connectivity index (χ1v) is 7.42. The molecule has 0 saturated carbocycles. The number of ketones is 1. The second kappa shape index (κ2) is 6.02. The van der Waals surface area contributed by atoms with Crippen LogP contribution in [0.2, 0.25) is 0 Å². The Morgan fingerprint density at radius 1 is 1.08 bits per heavy atom. The number of hydrogen-bond donors (Lipinski definition) is 1. The highest BCUT2D eigenvalue weighted by Gasteiger charge is 2.69. The van der Waals surface area contributed by atoms with Crippen LogP contribution in [0.3, 0.4) is 0 Å². The number of carbonyl (C=O) groups is 3. The van der Waals surface area contributed by atoms with Crippen molar-refractivity contribution in [1.29, 1.82) is 0 Å². The van der Waals surface area contributed by atoms with Crippen molar-refractivity contribution in [2.45, 2.75) is 39.4 Å². The Kier molecular flexibility index (Phi) is 4.50. The molecule has 2 amide bonds. The molecule has 1 heterocycles. The fraction of sp³-hybridized carbons (Fsp3) is 0.353. The van der Waals surface area contributed by atoms with Crippen molar-refractivity contribution in [2.75, 3.05) is 4.90 Å². The summed E-state index contributed by atoms with van der Waals surface area (Å²) in [6.45, 7) is 4.84. The number of rotatable bonds is 3. The van der Waals surface area contributed by atoms with E-state index in [-0.39, 0.29) is 11.4 Å². The van der Waals surface area contributed by atoms with Crippen LogP contribution in [0.1, 0.15) is 26.3 Å². The Hall–Kier alpha value is -2.64. The van der Waals surface area contributed by atoms with Gasteiger partial charge in [-0.25, -0.2) is 0 Å². The minimum absolute atomic E-state index is 0.160. The lowest BCUT2D eigenvalue weighted by atomic mass is 9.87. The second-order valence-electron chi connectivity index (χ2n) is 5.92. The molecule has 1 aliphatic heterocycles. The number of alkyl halides is 3. The van der Waals surface area contributed by atoms with Gasteiger partial charge in [-0.2, -0.15) is 13.2 Å². The number of benzene rings is 1. The van der Waals surface area contributed by atoms with Gasteiger partial charge < -0.3 is 5.32 Å². The molecule has 8 heteroatoms. The van der Waals surface area contributed by atoms with Crippen LogP contribution in [-0.4, -0.2) is 29.3 Å². The molecule has 2 rings (SSSR count). The Bertz CT molecular complexity index is 781. The smallest absolute Gasteiger partial charge is 0.331 e. The zero-order chi connectivity index (χ0) is 19.2. The fourth-order valence-corrected chi connectivity index (χ4v) is 3.05. The van der Waals surface area contributed by atoms with Gasteiger partial charge in [-0.3, -0.25) is 19.3 Å². The summed E-state index contributed by atoms with van der Waals surface area (Å²) in [5.74, 6) is -3.43. The molecule has 0 radical (unpaired) electrons. The van der Waals surface area contributed by atoms with Crippen LogP contribution in [-0.2, 0) is 14.4 Å². The van der Waals surface area contributed by atoms with Crippen molar-refractivity contribution in [3.05, 3.63) is 41.1 Å². The Labute approximate surface area is 142 Å². The number of carbonyl (C=O) groups excluding carboxylic acids is 3. The molecular weight excluding hydrogens is 337 g/mol. The lowest BCUT2D eigenvalue weighted by molar-refractivity contribution is -0.189. The standard InChI is InChI=1S/C17H17F3N2O3/c1-9-5-7-13(8-6-9)22-10(2)14(11(3)23)16(15(22)25,17(18,19)20)21-12(4)24/h5-8H,1-4H3,(H,21,24)/t16-/m1/s1. The van der Waals surface area contributed by atoms with Gasteiger partial charge in [0.2, 0.25) is 11.4 Å². The number of halogens is 3. The van der Waals surface area contributed by atoms with Crippen LogP contribution >= 0.6 is 0 Å². The number of amides is 2. The van der Waals surface area contributed by atoms with Gasteiger partial charge in [-0.15, -0.1) is 0 Å². The largest absolute Gasteiger partial charge is 0.425 e. The SMILES string of the molecule is CC(=O)N[C@@]1(C(F)(F)F)C(=O)N(c2ccc(C)cc2)C(C)=C1C(C)=O. The molecule has 0 bridgehead atoms. The first-order chi connectivity index (χ1) is 11.4. The Balaban J connectivity index is 2.77. The van der Waals surface area contributed by atoms with Crippen molar-refractivity contribution in [3.63, 3.8) is 0 Å². The summed E-state index contributed by atoms with van der Waals surface area (Å²) in [5.41, 5.74) is -3.29. The molecule has 1 aromatic carbocycles. The van der Waals surface area contributed by atoms with E-state index in [4.69, 9.17) is 0 Å². The van der Waals surface area contributed by atoms with Gasteiger partial charge in [-0.1, -0.05) is 17.7 Å².